The van der Waals surface area contributed by atoms with E-state index < -0.39 is 88.5 Å². The maximum atomic E-state index is 16.7. The third kappa shape index (κ3) is 9.28. The van der Waals surface area contributed by atoms with E-state index in [9.17, 15) is 45.8 Å². The second-order valence-corrected chi connectivity index (χ2v) is 15.2. The summed E-state index contributed by atoms with van der Waals surface area (Å²) in [6.45, 7) is 8.32. The lowest BCUT2D eigenvalue weighted by molar-refractivity contribution is -0.139. The highest BCUT2D eigenvalue weighted by molar-refractivity contribution is 5.82. The Kier molecular flexibility index (Phi) is 12.4. The molecule has 302 valence electrons. The number of nitrogens with zero attached hydrogens (tertiary/aromatic N) is 2. The van der Waals surface area contributed by atoms with Crippen LogP contribution in [-0.4, -0.2) is 52.0 Å². The number of halogens is 8. The zero-order chi connectivity index (χ0) is 41.4. The predicted molar refractivity (Wildman–Crippen MR) is 193 cm³/mol. The molecule has 2 heterocycles. The van der Waals surface area contributed by atoms with Crippen LogP contribution < -0.4 is 10.9 Å². The fourth-order valence-electron chi connectivity index (χ4n) is 7.75. The van der Waals surface area contributed by atoms with Crippen molar-refractivity contribution >= 4 is 11.9 Å². The van der Waals surface area contributed by atoms with E-state index in [4.69, 9.17) is 0 Å². The normalized spacial score (nSPS) is 18.3. The van der Waals surface area contributed by atoms with E-state index in [1.54, 1.807) is 18.7 Å². The van der Waals surface area contributed by atoms with Gasteiger partial charge in [-0.1, -0.05) is 19.8 Å². The van der Waals surface area contributed by atoms with Crippen molar-refractivity contribution in [2.24, 2.45) is 11.8 Å². The maximum absolute atomic E-state index is 16.7. The van der Waals surface area contributed by atoms with Gasteiger partial charge in [0.05, 0.1) is 23.6 Å². The first-order valence-corrected chi connectivity index (χ1v) is 18.3. The molecule has 2 aromatic carbocycles. The molecule has 1 saturated carbocycles. The van der Waals surface area contributed by atoms with Gasteiger partial charge in [-0.3, -0.25) is 14.4 Å². The molecule has 56 heavy (non-hydrogen) atoms. The summed E-state index contributed by atoms with van der Waals surface area (Å²) in [5.41, 5.74) is -3.36. The molecule has 2 aliphatic rings. The van der Waals surface area contributed by atoms with Gasteiger partial charge in [-0.2, -0.15) is 13.2 Å². The number of carbonyl (C=O) groups is 2. The highest BCUT2D eigenvalue weighted by atomic mass is 19.4. The number of nitrogens with one attached hydrogen (secondary N) is 1. The number of aryl methyl sites for hydroxylation is 2. The lowest BCUT2D eigenvalue weighted by Gasteiger charge is -2.34. The van der Waals surface area contributed by atoms with Gasteiger partial charge in [0.1, 0.15) is 23.5 Å². The lowest BCUT2D eigenvalue weighted by atomic mass is 9.87. The van der Waals surface area contributed by atoms with Gasteiger partial charge >= 0.3 is 12.1 Å². The number of carboxylic acids is 1. The van der Waals surface area contributed by atoms with Crippen LogP contribution in [0.3, 0.4) is 0 Å². The molecule has 1 aromatic heterocycles. The number of piperidine rings is 1. The average molecular weight is 794 g/mol. The van der Waals surface area contributed by atoms with Gasteiger partial charge < -0.3 is 19.9 Å². The number of alkyl halides is 5. The molecule has 2 fully saturated rings. The number of amides is 1. The first-order chi connectivity index (χ1) is 26.1. The Morgan fingerprint density at radius 2 is 1.62 bits per heavy atom. The second-order valence-electron chi connectivity index (χ2n) is 15.2. The summed E-state index contributed by atoms with van der Waals surface area (Å²) in [6.07, 6.45) is -5.10. The Hall–Kier alpha value is -4.71. The standard InChI is InChI=1S/C41H43F8N3O4/c1-6-7-25-15-28(35-22(4)13-27(42)14-23(35)5)38(44)36(37(25)43)31(17-34(54)55)50-39(56)32(12-21(2)3)52-20-29(30(16-33(52)53)41(47,48)49)24-8-10-51(11-9-24)19-26-18-40(26,45)46/h13-16,20-21,24,26,31-32H,8-12,17-19H2,1-5H3,(H,50,56)(H,54,55)/t26?,31-,32-/m0/s1. The highest BCUT2D eigenvalue weighted by Crippen LogP contribution is 2.49. The Balaban J connectivity index is 1.57. The average Bonchev–Trinajstić information content (AvgIpc) is 3.69. The number of carboxylic acid groups (broad SMARTS) is 1. The molecule has 1 saturated heterocycles. The van der Waals surface area contributed by atoms with Crippen molar-refractivity contribution in [3.63, 3.8) is 0 Å². The second kappa shape index (κ2) is 16.4. The van der Waals surface area contributed by atoms with Gasteiger partial charge in [-0.15, -0.1) is 5.92 Å². The molecule has 1 unspecified atom stereocenters. The molecule has 0 radical (unpaired) electrons. The predicted octanol–water partition coefficient (Wildman–Crippen LogP) is 8.69. The molecular weight excluding hydrogens is 750 g/mol. The van der Waals surface area contributed by atoms with Crippen LogP contribution in [0.25, 0.3) is 11.1 Å². The Morgan fingerprint density at radius 1 is 1.02 bits per heavy atom. The Labute approximate surface area is 319 Å². The SMILES string of the molecule is CC#Cc1cc(-c2c(C)cc(F)cc2C)c(F)c([C@H](CC(=O)O)NC(=O)[C@H](CC(C)C)n2cc(C3CCN(CC4CC4(F)F)CC3)c(C(F)(F)F)cc2=O)c1F. The molecule has 15 heteroatoms. The summed E-state index contributed by atoms with van der Waals surface area (Å²) in [5.74, 6) is -5.42. The van der Waals surface area contributed by atoms with Crippen LogP contribution in [0.15, 0.2) is 35.3 Å². The maximum Gasteiger partial charge on any atom is 0.416 e. The smallest absolute Gasteiger partial charge is 0.416 e. The zero-order valence-corrected chi connectivity index (χ0v) is 31.5. The molecule has 3 aromatic rings. The number of hydrogen-bond acceptors (Lipinski definition) is 4. The quantitative estimate of drug-likeness (QED) is 0.142. The van der Waals surface area contributed by atoms with Crippen molar-refractivity contribution in [1.82, 2.24) is 14.8 Å². The molecule has 0 bridgehead atoms. The zero-order valence-electron chi connectivity index (χ0n) is 31.5. The number of aliphatic carboxylic acids is 1. The van der Waals surface area contributed by atoms with E-state index in [0.29, 0.717) is 6.07 Å². The van der Waals surface area contributed by atoms with Crippen molar-refractivity contribution in [1.29, 1.82) is 0 Å². The van der Waals surface area contributed by atoms with E-state index in [1.807, 2.05) is 0 Å². The third-order valence-electron chi connectivity index (χ3n) is 10.5. The first-order valence-electron chi connectivity index (χ1n) is 18.3. The number of pyridine rings is 1. The van der Waals surface area contributed by atoms with Crippen LogP contribution in [0.2, 0.25) is 0 Å². The van der Waals surface area contributed by atoms with Crippen molar-refractivity contribution < 1.29 is 49.8 Å². The van der Waals surface area contributed by atoms with Crippen LogP contribution >= 0.6 is 0 Å². The number of carbonyl (C=O) groups excluding carboxylic acids is 1. The fourth-order valence-corrected chi connectivity index (χ4v) is 7.75. The van der Waals surface area contributed by atoms with Crippen molar-refractivity contribution in [3.05, 3.63) is 91.6 Å². The van der Waals surface area contributed by atoms with Crippen LogP contribution in [0.4, 0.5) is 35.1 Å². The largest absolute Gasteiger partial charge is 0.481 e. The number of rotatable bonds is 12. The number of hydrogen-bond donors (Lipinski definition) is 2. The molecule has 7 nitrogen and oxygen atoms in total. The summed E-state index contributed by atoms with van der Waals surface area (Å²) >= 11 is 0. The Morgan fingerprint density at radius 3 is 2.14 bits per heavy atom. The van der Waals surface area contributed by atoms with E-state index >= 15 is 8.78 Å². The minimum Gasteiger partial charge on any atom is -0.481 e. The van der Waals surface area contributed by atoms with Gasteiger partial charge in [0.15, 0.2) is 0 Å². The van der Waals surface area contributed by atoms with Gasteiger partial charge in [-0.25, -0.2) is 22.0 Å². The number of likely N-dealkylation sites (tertiary alicyclic amines) is 1. The molecule has 2 N–H and O–H groups in total. The van der Waals surface area contributed by atoms with Crippen LogP contribution in [0, 0.1) is 55.0 Å². The summed E-state index contributed by atoms with van der Waals surface area (Å²) in [6, 6.07) is 0.320. The molecule has 0 spiro atoms. The molecule has 1 amide bonds. The number of benzene rings is 2. The molecule has 5 rings (SSSR count). The van der Waals surface area contributed by atoms with E-state index in [1.165, 1.54) is 20.8 Å². The van der Waals surface area contributed by atoms with E-state index in [2.05, 4.69) is 17.2 Å². The van der Waals surface area contributed by atoms with Crippen LogP contribution in [0.5, 0.6) is 0 Å². The third-order valence-corrected chi connectivity index (χ3v) is 10.5. The summed E-state index contributed by atoms with van der Waals surface area (Å²) in [4.78, 5) is 41.7. The van der Waals surface area contributed by atoms with Gasteiger partial charge in [0.25, 0.3) is 11.5 Å². The first kappa shape index (κ1) is 42.4. The summed E-state index contributed by atoms with van der Waals surface area (Å²) < 4.78 is 118. The van der Waals surface area contributed by atoms with Gasteiger partial charge in [0.2, 0.25) is 5.91 Å². The Bertz CT molecular complexity index is 2100. The van der Waals surface area contributed by atoms with Crippen molar-refractivity contribution in [3.8, 4) is 23.0 Å². The summed E-state index contributed by atoms with van der Waals surface area (Å²) in [5, 5.41) is 12.3. The van der Waals surface area contributed by atoms with Crippen molar-refractivity contribution in [2.45, 2.75) is 96.8 Å². The molecule has 1 aliphatic carbocycles. The molecular formula is C41H43F8N3O4. The minimum atomic E-state index is -4.95. The van der Waals surface area contributed by atoms with E-state index in [0.717, 1.165) is 29.0 Å². The topological polar surface area (TPSA) is 91.6 Å². The van der Waals surface area contributed by atoms with Crippen LogP contribution in [0.1, 0.15) is 104 Å². The fraction of sp³-hybridized carbons (Fsp3) is 0.488. The molecule has 1 aliphatic heterocycles. The molecule has 3 atom stereocenters. The minimum absolute atomic E-state index is 0.110. The van der Waals surface area contributed by atoms with Crippen LogP contribution in [-0.2, 0) is 15.8 Å². The monoisotopic (exact) mass is 793 g/mol. The highest BCUT2D eigenvalue weighted by Gasteiger charge is 2.57. The van der Waals surface area contributed by atoms with E-state index in [-0.39, 0.29) is 84.6 Å². The van der Waals surface area contributed by atoms with Gasteiger partial charge in [0, 0.05) is 42.3 Å². The summed E-state index contributed by atoms with van der Waals surface area (Å²) in [7, 11) is 0. The van der Waals surface area contributed by atoms with Gasteiger partial charge in [-0.05, 0) is 105 Å². The lowest BCUT2D eigenvalue weighted by Crippen LogP contribution is -2.41. The number of aromatic nitrogens is 1. The van der Waals surface area contributed by atoms with Crippen molar-refractivity contribution in [2.75, 3.05) is 19.6 Å².